The second kappa shape index (κ2) is 5.07. The van der Waals surface area contributed by atoms with Crippen molar-refractivity contribution < 1.29 is 4.74 Å². The van der Waals surface area contributed by atoms with Crippen molar-refractivity contribution in [3.63, 3.8) is 0 Å². The first kappa shape index (κ1) is 12.3. The van der Waals surface area contributed by atoms with Gasteiger partial charge in [0.15, 0.2) is 4.96 Å². The molecule has 0 bridgehead atoms. The van der Waals surface area contributed by atoms with Gasteiger partial charge in [0.2, 0.25) is 5.88 Å². The fourth-order valence-electron chi connectivity index (χ4n) is 1.82. The van der Waals surface area contributed by atoms with Gasteiger partial charge in [0.05, 0.1) is 13.7 Å². The molecule has 0 saturated heterocycles. The van der Waals surface area contributed by atoms with Gasteiger partial charge in [-0.25, -0.2) is 4.98 Å². The van der Waals surface area contributed by atoms with E-state index in [-0.39, 0.29) is 0 Å². The lowest BCUT2D eigenvalue weighted by molar-refractivity contribution is 0.395. The molecular weight excluding hydrogens is 284 g/mol. The van der Waals surface area contributed by atoms with E-state index in [0.29, 0.717) is 17.6 Å². The van der Waals surface area contributed by atoms with Crippen molar-refractivity contribution in [3.05, 3.63) is 40.6 Å². The predicted molar refractivity (Wildman–Crippen MR) is 76.2 cm³/mol. The molecule has 7 heteroatoms. The van der Waals surface area contributed by atoms with E-state index >= 15 is 0 Å². The first-order chi connectivity index (χ1) is 9.28. The Morgan fingerprint density at radius 3 is 3.11 bits per heavy atom. The highest BCUT2D eigenvalue weighted by atomic mass is 35.5. The second-order valence-electron chi connectivity index (χ2n) is 3.82. The summed E-state index contributed by atoms with van der Waals surface area (Å²) in [5, 5.41) is 5.67. The molecule has 3 rings (SSSR count). The third-order valence-electron chi connectivity index (χ3n) is 2.67. The van der Waals surface area contributed by atoms with Crippen LogP contribution in [0.2, 0.25) is 5.15 Å². The summed E-state index contributed by atoms with van der Waals surface area (Å²) in [7, 11) is 1.62. The number of hydrogen-bond donors (Lipinski definition) is 1. The lowest BCUT2D eigenvalue weighted by atomic mass is 10.4. The number of imidazole rings is 1. The van der Waals surface area contributed by atoms with Crippen LogP contribution in [-0.2, 0) is 6.54 Å². The minimum absolute atomic E-state index is 0.464. The van der Waals surface area contributed by atoms with E-state index in [9.17, 15) is 0 Å². The molecule has 0 unspecified atom stereocenters. The average molecular weight is 295 g/mol. The topological polar surface area (TPSA) is 51.5 Å². The number of halogens is 1. The number of pyridine rings is 1. The predicted octanol–water partition coefficient (Wildman–Crippen LogP) is 3.06. The fraction of sp³-hybridized carbons (Fsp3) is 0.167. The Kier molecular flexibility index (Phi) is 3.27. The number of anilines is 1. The highest BCUT2D eigenvalue weighted by Crippen LogP contribution is 2.23. The molecule has 0 aliphatic carbocycles. The normalized spacial score (nSPS) is 10.8. The van der Waals surface area contributed by atoms with Crippen molar-refractivity contribution in [3.8, 4) is 5.88 Å². The number of methoxy groups -OCH3 is 1. The summed E-state index contributed by atoms with van der Waals surface area (Å²) in [5.74, 6) is 1.35. The Bertz CT molecular complexity index is 709. The Hall–Kier alpha value is -1.79. The molecule has 3 aromatic heterocycles. The zero-order chi connectivity index (χ0) is 13.2. The van der Waals surface area contributed by atoms with Gasteiger partial charge < -0.3 is 10.1 Å². The van der Waals surface area contributed by atoms with Crippen LogP contribution in [-0.4, -0.2) is 21.5 Å². The minimum atomic E-state index is 0.464. The molecule has 0 atom stereocenters. The van der Waals surface area contributed by atoms with E-state index < -0.39 is 0 Å². The van der Waals surface area contributed by atoms with Crippen molar-refractivity contribution >= 4 is 33.7 Å². The monoisotopic (exact) mass is 294 g/mol. The highest BCUT2D eigenvalue weighted by molar-refractivity contribution is 7.15. The van der Waals surface area contributed by atoms with Gasteiger partial charge in [-0.1, -0.05) is 17.7 Å². The van der Waals surface area contributed by atoms with Crippen LogP contribution < -0.4 is 10.1 Å². The van der Waals surface area contributed by atoms with Gasteiger partial charge in [0.25, 0.3) is 0 Å². The quantitative estimate of drug-likeness (QED) is 0.751. The van der Waals surface area contributed by atoms with E-state index in [1.165, 1.54) is 0 Å². The standard InChI is InChI=1S/C12H11ClN4OS/c1-18-11-8(17-5-6-19-12(17)16-11)7-14-10-4-2-3-9(13)15-10/h2-6H,7H2,1H3,(H,14,15). The number of rotatable bonds is 4. The third kappa shape index (κ3) is 2.36. The van der Waals surface area contributed by atoms with Crippen molar-refractivity contribution in [1.29, 1.82) is 0 Å². The molecule has 0 aliphatic rings. The Labute approximate surface area is 118 Å². The lowest BCUT2D eigenvalue weighted by Gasteiger charge is -2.06. The molecule has 3 heterocycles. The van der Waals surface area contributed by atoms with Crippen LogP contribution in [0, 0.1) is 0 Å². The Morgan fingerprint density at radius 1 is 1.42 bits per heavy atom. The molecule has 0 spiro atoms. The van der Waals surface area contributed by atoms with Gasteiger partial charge in [-0.15, -0.1) is 11.3 Å². The van der Waals surface area contributed by atoms with Gasteiger partial charge >= 0.3 is 0 Å². The molecule has 0 aliphatic heterocycles. The summed E-state index contributed by atoms with van der Waals surface area (Å²) in [6.07, 6.45) is 1.97. The maximum Gasteiger partial charge on any atom is 0.238 e. The molecule has 19 heavy (non-hydrogen) atoms. The Morgan fingerprint density at radius 2 is 2.32 bits per heavy atom. The van der Waals surface area contributed by atoms with Gasteiger partial charge in [-0.2, -0.15) is 4.98 Å². The van der Waals surface area contributed by atoms with E-state index in [0.717, 1.165) is 16.5 Å². The van der Waals surface area contributed by atoms with Crippen molar-refractivity contribution in [2.45, 2.75) is 6.54 Å². The molecule has 0 fully saturated rings. The van der Waals surface area contributed by atoms with Crippen LogP contribution in [0.15, 0.2) is 29.8 Å². The second-order valence-corrected chi connectivity index (χ2v) is 5.08. The van der Waals surface area contributed by atoms with Crippen LogP contribution >= 0.6 is 22.9 Å². The SMILES string of the molecule is COc1nc2sccn2c1CNc1cccc(Cl)n1. The summed E-state index contributed by atoms with van der Waals surface area (Å²) in [4.78, 5) is 9.49. The van der Waals surface area contributed by atoms with Crippen molar-refractivity contribution in [1.82, 2.24) is 14.4 Å². The van der Waals surface area contributed by atoms with Gasteiger partial charge in [-0.05, 0) is 12.1 Å². The lowest BCUT2D eigenvalue weighted by Crippen LogP contribution is -2.05. The maximum absolute atomic E-state index is 5.85. The third-order valence-corrected chi connectivity index (χ3v) is 3.64. The summed E-state index contributed by atoms with van der Waals surface area (Å²) in [6, 6.07) is 5.46. The molecule has 5 nitrogen and oxygen atoms in total. The highest BCUT2D eigenvalue weighted by Gasteiger charge is 2.13. The summed E-state index contributed by atoms with van der Waals surface area (Å²) < 4.78 is 7.29. The largest absolute Gasteiger partial charge is 0.480 e. The van der Waals surface area contributed by atoms with E-state index in [4.69, 9.17) is 16.3 Å². The average Bonchev–Trinajstić information content (AvgIpc) is 2.96. The maximum atomic E-state index is 5.85. The molecule has 0 aromatic carbocycles. The number of fused-ring (bicyclic) bond motifs is 1. The number of nitrogens with one attached hydrogen (secondary N) is 1. The van der Waals surface area contributed by atoms with Crippen LogP contribution in [0.4, 0.5) is 5.82 Å². The zero-order valence-electron chi connectivity index (χ0n) is 10.1. The van der Waals surface area contributed by atoms with Crippen LogP contribution in [0.3, 0.4) is 0 Å². The van der Waals surface area contributed by atoms with Crippen LogP contribution in [0.5, 0.6) is 5.88 Å². The first-order valence-electron chi connectivity index (χ1n) is 5.63. The smallest absolute Gasteiger partial charge is 0.238 e. The molecule has 0 saturated carbocycles. The van der Waals surface area contributed by atoms with Crippen LogP contribution in [0.25, 0.3) is 4.96 Å². The zero-order valence-corrected chi connectivity index (χ0v) is 11.7. The number of hydrogen-bond acceptors (Lipinski definition) is 5. The molecule has 0 amide bonds. The van der Waals surface area contributed by atoms with Gasteiger partial charge in [0.1, 0.15) is 16.7 Å². The van der Waals surface area contributed by atoms with Gasteiger partial charge in [0, 0.05) is 11.6 Å². The summed E-state index contributed by atoms with van der Waals surface area (Å²) in [5.41, 5.74) is 0.959. The summed E-state index contributed by atoms with van der Waals surface area (Å²) in [6.45, 7) is 0.564. The number of aromatic nitrogens is 3. The van der Waals surface area contributed by atoms with E-state index in [1.54, 1.807) is 24.5 Å². The summed E-state index contributed by atoms with van der Waals surface area (Å²) >= 11 is 7.42. The van der Waals surface area contributed by atoms with E-state index in [1.807, 2.05) is 28.1 Å². The molecule has 1 N–H and O–H groups in total. The van der Waals surface area contributed by atoms with Gasteiger partial charge in [-0.3, -0.25) is 4.40 Å². The van der Waals surface area contributed by atoms with Crippen LogP contribution in [0.1, 0.15) is 5.69 Å². The molecule has 3 aromatic rings. The number of thiazole rings is 1. The number of ether oxygens (including phenoxy) is 1. The Balaban J connectivity index is 1.86. The molecular formula is C12H11ClN4OS. The number of nitrogens with zero attached hydrogens (tertiary/aromatic N) is 3. The van der Waals surface area contributed by atoms with Crippen molar-refractivity contribution in [2.24, 2.45) is 0 Å². The molecule has 0 radical (unpaired) electrons. The fourth-order valence-corrected chi connectivity index (χ4v) is 2.71. The van der Waals surface area contributed by atoms with Crippen molar-refractivity contribution in [2.75, 3.05) is 12.4 Å². The molecule has 98 valence electrons. The minimum Gasteiger partial charge on any atom is -0.480 e. The van der Waals surface area contributed by atoms with E-state index in [2.05, 4.69) is 15.3 Å². The first-order valence-corrected chi connectivity index (χ1v) is 6.88.